The van der Waals surface area contributed by atoms with Gasteiger partial charge >= 0.3 is 0 Å². The van der Waals surface area contributed by atoms with E-state index in [1.807, 2.05) is 7.05 Å². The summed E-state index contributed by atoms with van der Waals surface area (Å²) in [5.41, 5.74) is 0.755. The summed E-state index contributed by atoms with van der Waals surface area (Å²) in [4.78, 5) is 13.9. The zero-order valence-corrected chi connectivity index (χ0v) is 11.1. The van der Waals surface area contributed by atoms with Gasteiger partial charge in [0.2, 0.25) is 5.91 Å². The van der Waals surface area contributed by atoms with E-state index in [9.17, 15) is 4.79 Å². The Hall–Kier alpha value is -1.59. The van der Waals surface area contributed by atoms with Crippen LogP contribution in [0.2, 0.25) is 0 Å². The summed E-state index contributed by atoms with van der Waals surface area (Å²) in [5.74, 6) is 0.681. The average Bonchev–Trinajstić information content (AvgIpc) is 3.22. The second-order valence-corrected chi connectivity index (χ2v) is 4.79. The van der Waals surface area contributed by atoms with Gasteiger partial charge in [-0.1, -0.05) is 0 Å². The minimum absolute atomic E-state index is 0.00146. The largest absolute Gasteiger partial charge is 0.491 e. The maximum absolute atomic E-state index is 11.8. The molecule has 5 nitrogen and oxygen atoms in total. The smallest absolute Gasteiger partial charge is 0.238 e. The first-order chi connectivity index (χ1) is 9.19. The Balaban J connectivity index is 1.79. The maximum Gasteiger partial charge on any atom is 0.238 e. The average molecular weight is 264 g/mol. The third kappa shape index (κ3) is 4.54. The number of aliphatic hydroxyl groups excluding tert-OH is 1. The molecule has 2 rings (SSSR count). The number of nitrogens with one attached hydrogen (secondary N) is 1. The lowest BCUT2D eigenvalue weighted by Gasteiger charge is -2.15. The van der Waals surface area contributed by atoms with Gasteiger partial charge < -0.3 is 15.2 Å². The lowest BCUT2D eigenvalue weighted by molar-refractivity contribution is -0.117. The fourth-order valence-corrected chi connectivity index (χ4v) is 1.87. The topological polar surface area (TPSA) is 61.8 Å². The van der Waals surface area contributed by atoms with Crippen molar-refractivity contribution in [1.82, 2.24) is 4.90 Å². The fourth-order valence-electron chi connectivity index (χ4n) is 1.87. The predicted molar refractivity (Wildman–Crippen MR) is 73.3 cm³/mol. The summed E-state index contributed by atoms with van der Waals surface area (Å²) in [5, 5.41) is 11.5. The highest BCUT2D eigenvalue weighted by molar-refractivity contribution is 5.92. The Kier molecular flexibility index (Phi) is 4.76. The number of hydrogen-bond acceptors (Lipinski definition) is 4. The third-order valence-corrected chi connectivity index (χ3v) is 3.06. The number of ether oxygens (including phenoxy) is 1. The van der Waals surface area contributed by atoms with Gasteiger partial charge in [0.05, 0.1) is 13.2 Å². The van der Waals surface area contributed by atoms with Crippen LogP contribution in [0.1, 0.15) is 12.8 Å². The van der Waals surface area contributed by atoms with Gasteiger partial charge in [-0.3, -0.25) is 9.69 Å². The summed E-state index contributed by atoms with van der Waals surface area (Å²) in [6.45, 7) is 0.692. The molecular formula is C14H20N2O3. The van der Waals surface area contributed by atoms with Crippen molar-refractivity contribution in [3.63, 3.8) is 0 Å². The Morgan fingerprint density at radius 1 is 1.42 bits per heavy atom. The molecule has 19 heavy (non-hydrogen) atoms. The summed E-state index contributed by atoms with van der Waals surface area (Å²) in [7, 11) is 1.98. The number of benzene rings is 1. The molecule has 0 bridgehead atoms. The number of rotatable bonds is 7. The number of carbonyl (C=O) groups excluding carboxylic acids is 1. The van der Waals surface area contributed by atoms with Crippen LogP contribution in [0.15, 0.2) is 24.3 Å². The van der Waals surface area contributed by atoms with Crippen molar-refractivity contribution in [2.24, 2.45) is 0 Å². The van der Waals surface area contributed by atoms with Crippen molar-refractivity contribution in [3.05, 3.63) is 24.3 Å². The molecular weight excluding hydrogens is 244 g/mol. The molecule has 0 spiro atoms. The van der Waals surface area contributed by atoms with Gasteiger partial charge in [0, 0.05) is 11.7 Å². The molecule has 104 valence electrons. The SMILES string of the molecule is CN(CC(=O)Nc1ccc(OCCO)cc1)C1CC1. The van der Waals surface area contributed by atoms with E-state index in [0.717, 1.165) is 5.69 Å². The highest BCUT2D eigenvalue weighted by atomic mass is 16.5. The summed E-state index contributed by atoms with van der Waals surface area (Å²) in [6, 6.07) is 7.72. The molecule has 1 fully saturated rings. The molecule has 1 saturated carbocycles. The number of anilines is 1. The van der Waals surface area contributed by atoms with Crippen molar-refractivity contribution in [1.29, 1.82) is 0 Å². The highest BCUT2D eigenvalue weighted by Crippen LogP contribution is 2.25. The van der Waals surface area contributed by atoms with Crippen LogP contribution in [-0.4, -0.2) is 48.8 Å². The number of carbonyl (C=O) groups is 1. The molecule has 0 atom stereocenters. The monoisotopic (exact) mass is 264 g/mol. The summed E-state index contributed by atoms with van der Waals surface area (Å²) >= 11 is 0. The molecule has 0 aromatic heterocycles. The minimum atomic E-state index is -0.00795. The fraction of sp³-hybridized carbons (Fsp3) is 0.500. The van der Waals surface area contributed by atoms with Crippen LogP contribution < -0.4 is 10.1 Å². The van der Waals surface area contributed by atoms with Gasteiger partial charge in [-0.25, -0.2) is 0 Å². The first kappa shape index (κ1) is 13.8. The minimum Gasteiger partial charge on any atom is -0.491 e. The maximum atomic E-state index is 11.8. The molecule has 0 unspecified atom stereocenters. The van der Waals surface area contributed by atoms with Crippen molar-refractivity contribution in [2.75, 3.05) is 32.1 Å². The lowest BCUT2D eigenvalue weighted by Crippen LogP contribution is -2.31. The van der Waals surface area contributed by atoms with Crippen LogP contribution in [0.3, 0.4) is 0 Å². The van der Waals surface area contributed by atoms with Crippen molar-refractivity contribution < 1.29 is 14.6 Å². The standard InChI is InChI=1S/C14H20N2O3/c1-16(12-4-5-12)10-14(18)15-11-2-6-13(7-3-11)19-9-8-17/h2-3,6-7,12,17H,4-5,8-10H2,1H3,(H,15,18). The molecule has 2 N–H and O–H groups in total. The first-order valence-electron chi connectivity index (χ1n) is 6.53. The van der Waals surface area contributed by atoms with Crippen LogP contribution in [0, 0.1) is 0 Å². The predicted octanol–water partition coefficient (Wildman–Crippen LogP) is 1.09. The molecule has 1 amide bonds. The van der Waals surface area contributed by atoms with Crippen LogP contribution in [0.5, 0.6) is 5.75 Å². The Morgan fingerprint density at radius 3 is 2.68 bits per heavy atom. The van der Waals surface area contributed by atoms with E-state index in [0.29, 0.717) is 18.3 Å². The van der Waals surface area contributed by atoms with E-state index in [4.69, 9.17) is 9.84 Å². The lowest BCUT2D eigenvalue weighted by atomic mass is 10.3. The number of nitrogens with zero attached hydrogens (tertiary/aromatic N) is 1. The molecule has 1 aliphatic rings. The van der Waals surface area contributed by atoms with E-state index in [1.54, 1.807) is 24.3 Å². The van der Waals surface area contributed by atoms with Gasteiger partial charge in [-0.05, 0) is 44.2 Å². The van der Waals surface area contributed by atoms with E-state index in [1.165, 1.54) is 12.8 Å². The zero-order chi connectivity index (χ0) is 13.7. The molecule has 0 saturated heterocycles. The molecule has 5 heteroatoms. The molecule has 1 aromatic rings. The van der Waals surface area contributed by atoms with Crippen LogP contribution in [-0.2, 0) is 4.79 Å². The van der Waals surface area contributed by atoms with E-state index < -0.39 is 0 Å². The molecule has 0 radical (unpaired) electrons. The Labute approximate surface area is 113 Å². The third-order valence-electron chi connectivity index (χ3n) is 3.06. The Bertz CT molecular complexity index is 415. The summed E-state index contributed by atoms with van der Waals surface area (Å²) in [6.07, 6.45) is 2.39. The second-order valence-electron chi connectivity index (χ2n) is 4.79. The van der Waals surface area contributed by atoms with E-state index in [-0.39, 0.29) is 19.1 Å². The Morgan fingerprint density at radius 2 is 2.11 bits per heavy atom. The van der Waals surface area contributed by atoms with Gasteiger partial charge in [0.15, 0.2) is 0 Å². The van der Waals surface area contributed by atoms with Crippen LogP contribution in [0.4, 0.5) is 5.69 Å². The number of amides is 1. The van der Waals surface area contributed by atoms with Crippen molar-refractivity contribution in [2.45, 2.75) is 18.9 Å². The van der Waals surface area contributed by atoms with Crippen molar-refractivity contribution >= 4 is 11.6 Å². The second kappa shape index (κ2) is 6.54. The van der Waals surface area contributed by atoms with Gasteiger partial charge in [0.1, 0.15) is 12.4 Å². The van der Waals surface area contributed by atoms with Gasteiger partial charge in [0.25, 0.3) is 0 Å². The zero-order valence-electron chi connectivity index (χ0n) is 11.1. The molecule has 1 aliphatic carbocycles. The van der Waals surface area contributed by atoms with E-state index in [2.05, 4.69) is 10.2 Å². The number of aliphatic hydroxyl groups is 1. The van der Waals surface area contributed by atoms with Crippen molar-refractivity contribution in [3.8, 4) is 5.75 Å². The van der Waals surface area contributed by atoms with Crippen LogP contribution in [0.25, 0.3) is 0 Å². The summed E-state index contributed by atoms with van der Waals surface area (Å²) < 4.78 is 5.25. The van der Waals surface area contributed by atoms with Crippen LogP contribution >= 0.6 is 0 Å². The molecule has 0 heterocycles. The number of hydrogen-bond donors (Lipinski definition) is 2. The highest BCUT2D eigenvalue weighted by Gasteiger charge is 2.27. The normalized spacial score (nSPS) is 14.5. The molecule has 1 aromatic carbocycles. The quantitative estimate of drug-likeness (QED) is 0.774. The van der Waals surface area contributed by atoms with Gasteiger partial charge in [-0.15, -0.1) is 0 Å². The first-order valence-corrected chi connectivity index (χ1v) is 6.53. The van der Waals surface area contributed by atoms with Gasteiger partial charge in [-0.2, -0.15) is 0 Å². The number of likely N-dealkylation sites (N-methyl/N-ethyl adjacent to an activating group) is 1. The molecule has 0 aliphatic heterocycles. The van der Waals surface area contributed by atoms with E-state index >= 15 is 0 Å².